The molecule has 0 saturated carbocycles. The molecule has 5 nitrogen and oxygen atoms in total. The van der Waals surface area contributed by atoms with Gasteiger partial charge in [0.15, 0.2) is 5.60 Å². The zero-order valence-corrected chi connectivity index (χ0v) is 16.1. The molecular formula is C20H34N2O3. The van der Waals surface area contributed by atoms with Gasteiger partial charge in [-0.1, -0.05) is 40.0 Å². The predicted octanol–water partition coefficient (Wildman–Crippen LogP) is 3.24. The van der Waals surface area contributed by atoms with Crippen LogP contribution in [0.15, 0.2) is 12.3 Å². The Hall–Kier alpha value is -1.46. The third-order valence-corrected chi connectivity index (χ3v) is 4.73. The Bertz CT molecular complexity index is 560. The molecule has 25 heavy (non-hydrogen) atoms. The van der Waals surface area contributed by atoms with Gasteiger partial charge in [-0.2, -0.15) is 0 Å². The first-order valence-electron chi connectivity index (χ1n) is 9.36. The number of nitrogens with zero attached hydrogens (tertiary/aromatic N) is 1. The summed E-state index contributed by atoms with van der Waals surface area (Å²) >= 11 is 0. The van der Waals surface area contributed by atoms with Gasteiger partial charge >= 0.3 is 5.97 Å². The number of pyridine rings is 1. The minimum Gasteiger partial charge on any atom is -0.479 e. The van der Waals surface area contributed by atoms with E-state index < -0.39 is 17.6 Å². The average molecular weight is 351 g/mol. The summed E-state index contributed by atoms with van der Waals surface area (Å²) in [6.07, 6.45) is 7.79. The molecule has 0 radical (unpaired) electrons. The lowest BCUT2D eigenvalue weighted by molar-refractivity contribution is -0.161. The van der Waals surface area contributed by atoms with Gasteiger partial charge in [0.25, 0.3) is 0 Å². The number of aromatic nitrogens is 1. The summed E-state index contributed by atoms with van der Waals surface area (Å²) < 4.78 is 0. The van der Waals surface area contributed by atoms with Crippen molar-refractivity contribution in [2.75, 3.05) is 0 Å². The van der Waals surface area contributed by atoms with Gasteiger partial charge in [-0.15, -0.1) is 0 Å². The molecule has 0 bridgehead atoms. The number of aliphatic hydroxyl groups is 1. The highest BCUT2D eigenvalue weighted by atomic mass is 16.4. The van der Waals surface area contributed by atoms with Gasteiger partial charge in [0.1, 0.15) is 0 Å². The summed E-state index contributed by atoms with van der Waals surface area (Å²) in [7, 11) is 0. The predicted molar refractivity (Wildman–Crippen MR) is 101 cm³/mol. The van der Waals surface area contributed by atoms with E-state index in [4.69, 9.17) is 5.73 Å². The van der Waals surface area contributed by atoms with Gasteiger partial charge in [-0.05, 0) is 49.3 Å². The molecule has 2 atom stereocenters. The van der Waals surface area contributed by atoms with Crippen LogP contribution >= 0.6 is 0 Å². The van der Waals surface area contributed by atoms with Crippen molar-refractivity contribution < 1.29 is 15.0 Å². The lowest BCUT2D eigenvalue weighted by Gasteiger charge is -2.30. The minimum atomic E-state index is -1.99. The largest absolute Gasteiger partial charge is 0.479 e. The smallest absolute Gasteiger partial charge is 0.337 e. The van der Waals surface area contributed by atoms with E-state index in [0.717, 1.165) is 18.4 Å². The molecule has 0 saturated heterocycles. The van der Waals surface area contributed by atoms with E-state index in [1.54, 1.807) is 6.20 Å². The van der Waals surface area contributed by atoms with E-state index in [1.165, 1.54) is 24.8 Å². The van der Waals surface area contributed by atoms with Crippen LogP contribution in [0.4, 0.5) is 0 Å². The lowest BCUT2D eigenvalue weighted by Crippen LogP contribution is -2.56. The number of rotatable bonds is 11. The monoisotopic (exact) mass is 350 g/mol. The van der Waals surface area contributed by atoms with Crippen molar-refractivity contribution >= 4 is 5.97 Å². The van der Waals surface area contributed by atoms with Crippen LogP contribution in [-0.2, 0) is 17.6 Å². The summed E-state index contributed by atoms with van der Waals surface area (Å²) in [5, 5.41) is 20.2. The number of nitrogens with two attached hydrogens (primary N) is 1. The van der Waals surface area contributed by atoms with Crippen molar-refractivity contribution in [2.45, 2.75) is 84.3 Å². The molecule has 1 aromatic heterocycles. The molecule has 0 aromatic carbocycles. The molecule has 1 aromatic rings. The molecule has 1 heterocycles. The SMILES string of the molecule is CCCCCCc1cc(C[C@](O)(C(=O)O)[C@@H](N)CC(C)C)ncc1C. The summed E-state index contributed by atoms with van der Waals surface area (Å²) in [4.78, 5) is 16.0. The molecule has 0 aliphatic carbocycles. The van der Waals surface area contributed by atoms with Crippen LogP contribution in [0.3, 0.4) is 0 Å². The molecule has 0 unspecified atom stereocenters. The third kappa shape index (κ3) is 6.40. The number of unbranched alkanes of at least 4 members (excludes halogenated alkanes) is 3. The van der Waals surface area contributed by atoms with Crippen molar-refractivity contribution in [3.63, 3.8) is 0 Å². The summed E-state index contributed by atoms with van der Waals surface area (Å²) in [5.74, 6) is -1.08. The summed E-state index contributed by atoms with van der Waals surface area (Å²) in [6.45, 7) is 8.12. The quantitative estimate of drug-likeness (QED) is 0.532. The van der Waals surface area contributed by atoms with Crippen LogP contribution in [0.1, 0.15) is 69.7 Å². The number of carbonyl (C=O) groups is 1. The van der Waals surface area contributed by atoms with Gasteiger partial charge in [0.05, 0.1) is 0 Å². The summed E-state index contributed by atoms with van der Waals surface area (Å²) in [5.41, 5.74) is 6.89. The Morgan fingerprint density at radius 2 is 2.00 bits per heavy atom. The van der Waals surface area contributed by atoms with Crippen LogP contribution < -0.4 is 5.73 Å². The number of carboxylic acid groups (broad SMARTS) is 1. The number of carboxylic acids is 1. The van der Waals surface area contributed by atoms with Gasteiger partial charge < -0.3 is 15.9 Å². The topological polar surface area (TPSA) is 96.4 Å². The fourth-order valence-corrected chi connectivity index (χ4v) is 3.07. The van der Waals surface area contributed by atoms with E-state index >= 15 is 0 Å². The van der Waals surface area contributed by atoms with Crippen molar-refractivity contribution in [3.05, 3.63) is 29.1 Å². The Labute approximate surface area is 151 Å². The molecule has 0 spiro atoms. The normalized spacial score (nSPS) is 15.2. The molecule has 5 heteroatoms. The average Bonchev–Trinajstić information content (AvgIpc) is 2.53. The standard InChI is InChI=1S/C20H34N2O3/c1-5-6-7-8-9-16-11-17(22-13-15(16)4)12-20(25,19(23)24)18(21)10-14(2)3/h11,13-14,18,25H,5-10,12,21H2,1-4H3,(H,23,24)/t18-,20+/m0/s1. The molecule has 142 valence electrons. The van der Waals surface area contributed by atoms with Crippen molar-refractivity contribution in [1.29, 1.82) is 0 Å². The molecule has 0 aliphatic heterocycles. The Balaban J connectivity index is 2.92. The molecular weight excluding hydrogens is 316 g/mol. The van der Waals surface area contributed by atoms with Crippen LogP contribution in [-0.4, -0.2) is 32.8 Å². The van der Waals surface area contributed by atoms with Crippen molar-refractivity contribution in [1.82, 2.24) is 4.98 Å². The van der Waals surface area contributed by atoms with E-state index in [1.807, 2.05) is 26.8 Å². The van der Waals surface area contributed by atoms with Gasteiger partial charge in [0.2, 0.25) is 0 Å². The van der Waals surface area contributed by atoms with E-state index in [2.05, 4.69) is 11.9 Å². The lowest BCUT2D eigenvalue weighted by atomic mass is 9.84. The van der Waals surface area contributed by atoms with Crippen LogP contribution in [0.2, 0.25) is 0 Å². The highest BCUT2D eigenvalue weighted by molar-refractivity contribution is 5.78. The van der Waals surface area contributed by atoms with E-state index in [9.17, 15) is 15.0 Å². The number of aryl methyl sites for hydroxylation is 2. The van der Waals surface area contributed by atoms with Crippen LogP contribution in [0.25, 0.3) is 0 Å². The zero-order valence-electron chi connectivity index (χ0n) is 16.1. The maximum absolute atomic E-state index is 11.7. The van der Waals surface area contributed by atoms with Gasteiger partial charge in [0, 0.05) is 24.4 Å². The van der Waals surface area contributed by atoms with Crippen LogP contribution in [0, 0.1) is 12.8 Å². The first kappa shape index (κ1) is 21.6. The minimum absolute atomic E-state index is 0.0710. The first-order valence-corrected chi connectivity index (χ1v) is 9.36. The molecule has 0 amide bonds. The number of hydrogen-bond donors (Lipinski definition) is 3. The Morgan fingerprint density at radius 1 is 1.32 bits per heavy atom. The van der Waals surface area contributed by atoms with Gasteiger partial charge in [-0.25, -0.2) is 4.79 Å². The van der Waals surface area contributed by atoms with Crippen LogP contribution in [0.5, 0.6) is 0 Å². The molecule has 1 rings (SSSR count). The summed E-state index contributed by atoms with van der Waals surface area (Å²) in [6, 6.07) is 1.10. The first-order chi connectivity index (χ1) is 11.7. The molecule has 0 fully saturated rings. The highest BCUT2D eigenvalue weighted by Crippen LogP contribution is 2.23. The second-order valence-electron chi connectivity index (χ2n) is 7.56. The van der Waals surface area contributed by atoms with Gasteiger partial charge in [-0.3, -0.25) is 4.98 Å². The fraction of sp³-hybridized carbons (Fsp3) is 0.700. The van der Waals surface area contributed by atoms with Crippen molar-refractivity contribution in [2.24, 2.45) is 11.7 Å². The molecule has 0 aliphatic rings. The Morgan fingerprint density at radius 3 is 2.56 bits per heavy atom. The second-order valence-corrected chi connectivity index (χ2v) is 7.56. The Kier molecular flexibility index (Phi) is 8.53. The van der Waals surface area contributed by atoms with E-state index in [-0.39, 0.29) is 12.3 Å². The highest BCUT2D eigenvalue weighted by Gasteiger charge is 2.43. The maximum atomic E-state index is 11.7. The second kappa shape index (κ2) is 9.88. The fourth-order valence-electron chi connectivity index (χ4n) is 3.07. The number of hydrogen-bond acceptors (Lipinski definition) is 4. The zero-order chi connectivity index (χ0) is 19.0. The number of aliphatic carboxylic acids is 1. The van der Waals surface area contributed by atoms with E-state index in [0.29, 0.717) is 12.1 Å². The maximum Gasteiger partial charge on any atom is 0.337 e. The third-order valence-electron chi connectivity index (χ3n) is 4.73. The molecule has 4 N–H and O–H groups in total. The van der Waals surface area contributed by atoms with Crippen molar-refractivity contribution in [3.8, 4) is 0 Å².